The van der Waals surface area contributed by atoms with Crippen molar-refractivity contribution in [3.05, 3.63) is 35.7 Å². The van der Waals surface area contributed by atoms with Crippen LogP contribution in [0.1, 0.15) is 35.3 Å². The second-order valence-corrected chi connectivity index (χ2v) is 4.62. The van der Waals surface area contributed by atoms with Gasteiger partial charge in [0.05, 0.1) is 0 Å². The second kappa shape index (κ2) is 6.13. The van der Waals surface area contributed by atoms with Crippen molar-refractivity contribution in [3.8, 4) is 0 Å². The molecule has 0 saturated heterocycles. The lowest BCUT2D eigenvalue weighted by atomic mass is 9.85. The van der Waals surface area contributed by atoms with Crippen molar-refractivity contribution >= 4 is 18.0 Å². The largest absolute Gasteiger partial charge is 0.478 e. The first-order valence-corrected chi connectivity index (χ1v) is 6.31. The molecular weight excluding hydrogens is 244 g/mol. The molecule has 0 spiro atoms. The smallest absolute Gasteiger partial charge is 0.328 e. The summed E-state index contributed by atoms with van der Waals surface area (Å²) in [7, 11) is 0. The number of carboxylic acids is 1. The van der Waals surface area contributed by atoms with Crippen LogP contribution >= 0.6 is 0 Å². The van der Waals surface area contributed by atoms with Gasteiger partial charge in [0.1, 0.15) is 5.69 Å². The lowest BCUT2D eigenvalue weighted by Gasteiger charge is -2.25. The van der Waals surface area contributed by atoms with Gasteiger partial charge in [-0.2, -0.15) is 0 Å². The molecule has 1 aliphatic rings. The maximum Gasteiger partial charge on any atom is 0.328 e. The standard InChI is InChI=1S/C14H16N2O3/c17-12(18)7-6-11-5-2-8-15-13(11)14(19)16-9-10-3-1-4-10/h2,5-8,10H,1,3-4,9H2,(H,16,19)(H,17,18)/b7-6+. The predicted molar refractivity (Wildman–Crippen MR) is 70.6 cm³/mol. The zero-order chi connectivity index (χ0) is 13.7. The fraction of sp³-hybridized carbons (Fsp3) is 0.357. The molecule has 1 aromatic rings. The molecule has 1 fully saturated rings. The van der Waals surface area contributed by atoms with Crippen molar-refractivity contribution in [2.75, 3.05) is 6.54 Å². The fourth-order valence-electron chi connectivity index (χ4n) is 1.92. The third-order valence-electron chi connectivity index (χ3n) is 3.24. The Kier molecular flexibility index (Phi) is 4.28. The monoisotopic (exact) mass is 260 g/mol. The van der Waals surface area contributed by atoms with Gasteiger partial charge < -0.3 is 10.4 Å². The highest BCUT2D eigenvalue weighted by atomic mass is 16.4. The number of aliphatic carboxylic acids is 1. The number of carbonyl (C=O) groups is 2. The van der Waals surface area contributed by atoms with Gasteiger partial charge >= 0.3 is 5.97 Å². The molecule has 2 rings (SSSR count). The SMILES string of the molecule is O=C(O)/C=C/c1cccnc1C(=O)NCC1CCC1. The van der Waals surface area contributed by atoms with Crippen LogP contribution in [0.5, 0.6) is 0 Å². The topological polar surface area (TPSA) is 79.3 Å². The van der Waals surface area contributed by atoms with E-state index in [-0.39, 0.29) is 11.6 Å². The fourth-order valence-corrected chi connectivity index (χ4v) is 1.92. The number of hydrogen-bond donors (Lipinski definition) is 2. The van der Waals surface area contributed by atoms with Crippen LogP contribution in [0.4, 0.5) is 0 Å². The number of carboxylic acid groups (broad SMARTS) is 1. The molecule has 1 amide bonds. The average Bonchev–Trinajstić information content (AvgIpc) is 2.34. The number of hydrogen-bond acceptors (Lipinski definition) is 3. The van der Waals surface area contributed by atoms with E-state index in [2.05, 4.69) is 10.3 Å². The Morgan fingerprint density at radius 2 is 2.26 bits per heavy atom. The van der Waals surface area contributed by atoms with Crippen LogP contribution in [0.3, 0.4) is 0 Å². The Bertz CT molecular complexity index is 507. The Morgan fingerprint density at radius 1 is 1.47 bits per heavy atom. The van der Waals surface area contributed by atoms with Crippen LogP contribution in [0.2, 0.25) is 0 Å². The van der Waals surface area contributed by atoms with Crippen molar-refractivity contribution < 1.29 is 14.7 Å². The minimum absolute atomic E-state index is 0.252. The van der Waals surface area contributed by atoms with Crippen LogP contribution in [0, 0.1) is 5.92 Å². The minimum Gasteiger partial charge on any atom is -0.478 e. The van der Waals surface area contributed by atoms with E-state index in [0.29, 0.717) is 18.0 Å². The number of nitrogens with one attached hydrogen (secondary N) is 1. The summed E-state index contributed by atoms with van der Waals surface area (Å²) in [6.45, 7) is 0.664. The maximum absolute atomic E-state index is 12.0. The Morgan fingerprint density at radius 3 is 2.89 bits per heavy atom. The van der Waals surface area contributed by atoms with Crippen LogP contribution in [-0.4, -0.2) is 28.5 Å². The van der Waals surface area contributed by atoms with Crippen molar-refractivity contribution in [2.24, 2.45) is 5.92 Å². The Balaban J connectivity index is 2.04. The lowest BCUT2D eigenvalue weighted by Crippen LogP contribution is -2.33. The van der Waals surface area contributed by atoms with E-state index in [1.165, 1.54) is 18.7 Å². The third-order valence-corrected chi connectivity index (χ3v) is 3.24. The summed E-state index contributed by atoms with van der Waals surface area (Å²) in [4.78, 5) is 26.5. The number of carbonyl (C=O) groups excluding carboxylic acids is 1. The third kappa shape index (κ3) is 3.64. The van der Waals surface area contributed by atoms with E-state index in [4.69, 9.17) is 5.11 Å². The number of aromatic nitrogens is 1. The molecule has 0 aliphatic heterocycles. The van der Waals surface area contributed by atoms with E-state index in [0.717, 1.165) is 18.9 Å². The molecular formula is C14H16N2O3. The summed E-state index contributed by atoms with van der Waals surface area (Å²) in [6.07, 6.45) is 7.46. The first-order valence-electron chi connectivity index (χ1n) is 6.31. The van der Waals surface area contributed by atoms with Crippen LogP contribution in [-0.2, 0) is 4.79 Å². The molecule has 19 heavy (non-hydrogen) atoms. The normalized spacial score (nSPS) is 15.2. The molecule has 100 valence electrons. The second-order valence-electron chi connectivity index (χ2n) is 4.62. The number of rotatable bonds is 5. The molecule has 1 aromatic heterocycles. The molecule has 1 heterocycles. The molecule has 0 unspecified atom stereocenters. The molecule has 0 aromatic carbocycles. The highest BCUT2D eigenvalue weighted by Crippen LogP contribution is 2.25. The Hall–Kier alpha value is -2.17. The van der Waals surface area contributed by atoms with Crippen molar-refractivity contribution in [3.63, 3.8) is 0 Å². The minimum atomic E-state index is -1.05. The van der Waals surface area contributed by atoms with Gasteiger partial charge in [-0.05, 0) is 30.9 Å². The van der Waals surface area contributed by atoms with Gasteiger partial charge in [-0.3, -0.25) is 9.78 Å². The summed E-state index contributed by atoms with van der Waals surface area (Å²) in [5, 5.41) is 11.5. The van der Waals surface area contributed by atoms with Crippen molar-refractivity contribution in [1.29, 1.82) is 0 Å². The van der Waals surface area contributed by atoms with Crippen molar-refractivity contribution in [1.82, 2.24) is 10.3 Å². The highest BCUT2D eigenvalue weighted by Gasteiger charge is 2.19. The summed E-state index contributed by atoms with van der Waals surface area (Å²) in [6, 6.07) is 3.34. The first-order chi connectivity index (χ1) is 9.16. The van der Waals surface area contributed by atoms with Gasteiger partial charge in [0.25, 0.3) is 5.91 Å². The van der Waals surface area contributed by atoms with Gasteiger partial charge in [-0.25, -0.2) is 4.79 Å². The van der Waals surface area contributed by atoms with E-state index in [1.807, 2.05) is 0 Å². The molecule has 5 heteroatoms. The molecule has 0 radical (unpaired) electrons. The quantitative estimate of drug-likeness (QED) is 0.790. The van der Waals surface area contributed by atoms with Gasteiger partial charge in [-0.15, -0.1) is 0 Å². The van der Waals surface area contributed by atoms with E-state index < -0.39 is 5.97 Å². The van der Waals surface area contributed by atoms with Crippen LogP contribution in [0.25, 0.3) is 6.08 Å². The van der Waals surface area contributed by atoms with Gasteiger partial charge in [0.2, 0.25) is 0 Å². The molecule has 0 atom stereocenters. The highest BCUT2D eigenvalue weighted by molar-refractivity contribution is 5.97. The van der Waals surface area contributed by atoms with Gasteiger partial charge in [-0.1, -0.05) is 12.5 Å². The summed E-state index contributed by atoms with van der Waals surface area (Å²) < 4.78 is 0. The number of nitrogens with zero attached hydrogens (tertiary/aromatic N) is 1. The molecule has 1 saturated carbocycles. The molecule has 0 bridgehead atoms. The zero-order valence-electron chi connectivity index (χ0n) is 10.5. The summed E-state index contributed by atoms with van der Waals surface area (Å²) in [5.74, 6) is -0.729. The first kappa shape index (κ1) is 13.3. The van der Waals surface area contributed by atoms with Gasteiger partial charge in [0, 0.05) is 24.4 Å². The van der Waals surface area contributed by atoms with Crippen LogP contribution in [0.15, 0.2) is 24.4 Å². The van der Waals surface area contributed by atoms with E-state index in [1.54, 1.807) is 12.1 Å². The summed E-state index contributed by atoms with van der Waals surface area (Å²) >= 11 is 0. The van der Waals surface area contributed by atoms with E-state index in [9.17, 15) is 9.59 Å². The van der Waals surface area contributed by atoms with Crippen LogP contribution < -0.4 is 5.32 Å². The zero-order valence-corrected chi connectivity index (χ0v) is 10.5. The molecule has 1 aliphatic carbocycles. The van der Waals surface area contributed by atoms with Gasteiger partial charge in [0.15, 0.2) is 0 Å². The number of amides is 1. The number of pyridine rings is 1. The Labute approximate surface area is 111 Å². The predicted octanol–water partition coefficient (Wildman–Crippen LogP) is 1.71. The average molecular weight is 260 g/mol. The van der Waals surface area contributed by atoms with Crippen molar-refractivity contribution in [2.45, 2.75) is 19.3 Å². The molecule has 5 nitrogen and oxygen atoms in total. The maximum atomic E-state index is 12.0. The molecule has 2 N–H and O–H groups in total. The lowest BCUT2D eigenvalue weighted by molar-refractivity contribution is -0.131. The van der Waals surface area contributed by atoms with E-state index >= 15 is 0 Å². The summed E-state index contributed by atoms with van der Waals surface area (Å²) in [5.41, 5.74) is 0.773.